The predicted octanol–water partition coefficient (Wildman–Crippen LogP) is -2.13. The highest BCUT2D eigenvalue weighted by Gasteiger charge is 2.94. The lowest BCUT2D eigenvalue weighted by Crippen LogP contribution is -2.63. The number of fused-ring (bicyclic) bond motifs is 3. The van der Waals surface area contributed by atoms with Gasteiger partial charge in [0.25, 0.3) is 0 Å². The third kappa shape index (κ3) is 0.994. The maximum Gasteiger partial charge on any atom is 0.133 e. The van der Waals surface area contributed by atoms with Crippen LogP contribution in [-0.2, 0) is 0 Å². The van der Waals surface area contributed by atoms with E-state index in [9.17, 15) is 30.6 Å². The van der Waals surface area contributed by atoms with Gasteiger partial charge in [-0.15, -0.1) is 0 Å². The summed E-state index contributed by atoms with van der Waals surface area (Å²) in [5, 5.41) is 60.5. The zero-order chi connectivity index (χ0) is 13.3. The van der Waals surface area contributed by atoms with Crippen LogP contribution < -0.4 is 0 Å². The van der Waals surface area contributed by atoms with Gasteiger partial charge in [0.2, 0.25) is 0 Å². The molecule has 0 aliphatic heterocycles. The van der Waals surface area contributed by atoms with E-state index in [1.807, 2.05) is 0 Å². The Morgan fingerprint density at radius 2 is 1.06 bits per heavy atom. The van der Waals surface area contributed by atoms with Gasteiger partial charge in [0.05, 0.1) is 0 Å². The Morgan fingerprint density at radius 1 is 0.667 bits per heavy atom. The van der Waals surface area contributed by atoms with Gasteiger partial charge < -0.3 is 30.6 Å². The van der Waals surface area contributed by atoms with Crippen molar-refractivity contribution in [3.8, 4) is 0 Å². The van der Waals surface area contributed by atoms with Crippen LogP contribution in [-0.4, -0.2) is 66.3 Å². The summed E-state index contributed by atoms with van der Waals surface area (Å²) in [6.07, 6.45) is -3.06. The van der Waals surface area contributed by atoms with E-state index >= 15 is 0 Å². The van der Waals surface area contributed by atoms with Crippen molar-refractivity contribution in [2.24, 2.45) is 5.41 Å². The van der Waals surface area contributed by atoms with Gasteiger partial charge in [0, 0.05) is 5.41 Å². The van der Waals surface area contributed by atoms with Crippen LogP contribution in [0.15, 0.2) is 0 Å². The van der Waals surface area contributed by atoms with Crippen molar-refractivity contribution in [3.05, 3.63) is 0 Å². The fourth-order valence-electron chi connectivity index (χ4n) is 4.51. The molecule has 0 heterocycles. The van der Waals surface area contributed by atoms with Crippen LogP contribution in [0, 0.1) is 5.41 Å². The average molecular weight is 260 g/mol. The van der Waals surface area contributed by atoms with Crippen molar-refractivity contribution >= 4 is 0 Å². The first-order valence-corrected chi connectivity index (χ1v) is 6.51. The maximum atomic E-state index is 10.6. The monoisotopic (exact) mass is 260 g/mol. The van der Waals surface area contributed by atoms with Gasteiger partial charge in [-0.2, -0.15) is 0 Å². The second-order valence-electron chi connectivity index (χ2n) is 6.05. The molecule has 3 aliphatic carbocycles. The van der Waals surface area contributed by atoms with Gasteiger partial charge in [0.15, 0.2) is 0 Å². The molecule has 0 aromatic carbocycles. The van der Waals surface area contributed by atoms with Crippen molar-refractivity contribution in [2.45, 2.75) is 67.7 Å². The molecule has 3 saturated carbocycles. The van der Waals surface area contributed by atoms with Crippen LogP contribution in [0.4, 0.5) is 0 Å². The highest BCUT2D eigenvalue weighted by Crippen LogP contribution is 2.76. The molecule has 0 aromatic heterocycles. The van der Waals surface area contributed by atoms with Crippen LogP contribution in [0.5, 0.6) is 0 Å². The third-order valence-corrected chi connectivity index (χ3v) is 5.54. The highest BCUT2D eigenvalue weighted by atomic mass is 16.5. The van der Waals surface area contributed by atoms with Gasteiger partial charge in [-0.05, 0) is 12.8 Å². The van der Waals surface area contributed by atoms with E-state index in [0.717, 1.165) is 19.3 Å². The molecule has 0 radical (unpaired) electrons. The Morgan fingerprint density at radius 3 is 1.44 bits per heavy atom. The molecule has 0 aromatic rings. The van der Waals surface area contributed by atoms with E-state index in [1.54, 1.807) is 0 Å². The Balaban J connectivity index is 2.05. The standard InChI is InChI=1S/C12H20O6/c13-6-7(14)9(16)12(18)10(4-2-1-3-5-10)11(12,17)8(6)15/h6-9,13-18H,1-5H2/t6-,7-,8+,9+,11-,12+/m1/s1. The largest absolute Gasteiger partial charge is 0.387 e. The van der Waals surface area contributed by atoms with E-state index in [-0.39, 0.29) is 0 Å². The number of aliphatic hydroxyl groups is 6. The lowest BCUT2D eigenvalue weighted by Gasteiger charge is -2.38. The molecule has 6 nitrogen and oxygen atoms in total. The normalized spacial score (nSPS) is 58.3. The smallest absolute Gasteiger partial charge is 0.133 e. The molecule has 3 aliphatic rings. The fourth-order valence-corrected chi connectivity index (χ4v) is 4.51. The summed E-state index contributed by atoms with van der Waals surface area (Å²) in [7, 11) is 0. The average Bonchev–Trinajstić information content (AvgIpc) is 2.80. The first-order chi connectivity index (χ1) is 8.34. The quantitative estimate of drug-likeness (QED) is 0.296. The zero-order valence-electron chi connectivity index (χ0n) is 10.0. The summed E-state index contributed by atoms with van der Waals surface area (Å²) in [6.45, 7) is 0. The molecule has 0 unspecified atom stereocenters. The summed E-state index contributed by atoms with van der Waals surface area (Å²) in [4.78, 5) is 0. The van der Waals surface area contributed by atoms with Gasteiger partial charge in [-0.3, -0.25) is 0 Å². The van der Waals surface area contributed by atoms with Crippen molar-refractivity contribution in [3.63, 3.8) is 0 Å². The van der Waals surface area contributed by atoms with E-state index < -0.39 is 41.0 Å². The molecule has 0 saturated heterocycles. The second kappa shape index (κ2) is 3.45. The first-order valence-electron chi connectivity index (χ1n) is 6.51. The first kappa shape index (κ1) is 12.8. The highest BCUT2D eigenvalue weighted by molar-refractivity contribution is 5.43. The van der Waals surface area contributed by atoms with Gasteiger partial charge in [0.1, 0.15) is 35.6 Å². The van der Waals surface area contributed by atoms with Gasteiger partial charge in [-0.1, -0.05) is 19.3 Å². The summed E-state index contributed by atoms with van der Waals surface area (Å²) < 4.78 is 0. The van der Waals surface area contributed by atoms with Crippen molar-refractivity contribution in [1.82, 2.24) is 0 Å². The number of aliphatic hydroxyl groups excluding tert-OH is 4. The van der Waals surface area contributed by atoms with Crippen molar-refractivity contribution in [2.75, 3.05) is 0 Å². The van der Waals surface area contributed by atoms with Crippen molar-refractivity contribution < 1.29 is 30.6 Å². The molecule has 6 N–H and O–H groups in total. The molecule has 1 spiro atoms. The molecule has 0 bridgehead atoms. The molecule has 104 valence electrons. The minimum absolute atomic E-state index is 0.480. The second-order valence-corrected chi connectivity index (χ2v) is 6.05. The molecule has 3 fully saturated rings. The van der Waals surface area contributed by atoms with Gasteiger partial charge >= 0.3 is 0 Å². The Kier molecular flexibility index (Phi) is 2.45. The van der Waals surface area contributed by atoms with Gasteiger partial charge in [-0.25, -0.2) is 0 Å². The zero-order valence-corrected chi connectivity index (χ0v) is 10.0. The maximum absolute atomic E-state index is 10.6. The molecule has 0 amide bonds. The molecule has 6 heteroatoms. The molecule has 6 atom stereocenters. The third-order valence-electron chi connectivity index (χ3n) is 5.54. The Hall–Kier alpha value is -0.240. The summed E-state index contributed by atoms with van der Waals surface area (Å²) in [6, 6.07) is 0. The van der Waals surface area contributed by atoms with Crippen LogP contribution in [0.25, 0.3) is 0 Å². The fraction of sp³-hybridized carbons (Fsp3) is 1.00. The predicted molar refractivity (Wildman–Crippen MR) is 59.4 cm³/mol. The SMILES string of the molecule is O[C@@H]1[C@@H](O)[C@H](O)[C@]2(O)C3(CCCCC3)[C@]2(O)[C@H]1O. The number of hydrogen-bond donors (Lipinski definition) is 6. The minimum Gasteiger partial charge on any atom is -0.387 e. The van der Waals surface area contributed by atoms with Crippen molar-refractivity contribution in [1.29, 1.82) is 0 Å². The van der Waals surface area contributed by atoms with Crippen LogP contribution in [0.2, 0.25) is 0 Å². The molecular formula is C12H20O6. The van der Waals surface area contributed by atoms with Crippen LogP contribution in [0.3, 0.4) is 0 Å². The minimum atomic E-state index is -1.92. The topological polar surface area (TPSA) is 121 Å². The van der Waals surface area contributed by atoms with E-state index in [2.05, 4.69) is 0 Å². The Labute approximate surface area is 105 Å². The number of rotatable bonds is 0. The number of hydrogen-bond acceptors (Lipinski definition) is 6. The molecule has 3 rings (SSSR count). The molecule has 18 heavy (non-hydrogen) atoms. The summed E-state index contributed by atoms with van der Waals surface area (Å²) in [5.41, 5.74) is -4.84. The lowest BCUT2D eigenvalue weighted by atomic mass is 9.81. The summed E-state index contributed by atoms with van der Waals surface area (Å²) >= 11 is 0. The van der Waals surface area contributed by atoms with E-state index in [0.29, 0.717) is 12.8 Å². The van der Waals surface area contributed by atoms with E-state index in [1.165, 1.54) is 0 Å². The van der Waals surface area contributed by atoms with Crippen LogP contribution >= 0.6 is 0 Å². The lowest BCUT2D eigenvalue weighted by molar-refractivity contribution is -0.223. The van der Waals surface area contributed by atoms with Crippen LogP contribution in [0.1, 0.15) is 32.1 Å². The van der Waals surface area contributed by atoms with E-state index in [4.69, 9.17) is 0 Å². The summed E-state index contributed by atoms with van der Waals surface area (Å²) in [5.74, 6) is 0. The molecular weight excluding hydrogens is 240 g/mol. The Bertz CT molecular complexity index is 329.